The minimum absolute atomic E-state index is 0. The lowest BCUT2D eigenvalue weighted by atomic mass is 10.1. The standard InChI is InChI=1S/C20H34N4.HI/c1-2-21-20(23-18-19-12-6-3-7-13-19)22-14-8-4-9-15-24-16-10-5-11-17-24;/h3,6-7,12-13H,2,4-5,8-11,14-18H2,1H3,(H2,21,22,23);1H. The van der Waals surface area contributed by atoms with E-state index in [9.17, 15) is 0 Å². The molecule has 5 heteroatoms. The van der Waals surface area contributed by atoms with E-state index in [0.717, 1.165) is 25.6 Å². The van der Waals surface area contributed by atoms with Gasteiger partial charge in [-0.2, -0.15) is 0 Å². The van der Waals surface area contributed by atoms with Gasteiger partial charge in [0, 0.05) is 13.1 Å². The van der Waals surface area contributed by atoms with Gasteiger partial charge in [0.15, 0.2) is 5.96 Å². The summed E-state index contributed by atoms with van der Waals surface area (Å²) >= 11 is 0. The van der Waals surface area contributed by atoms with E-state index in [1.165, 1.54) is 63.7 Å². The number of hydrogen-bond acceptors (Lipinski definition) is 2. The van der Waals surface area contributed by atoms with Gasteiger partial charge in [-0.05, 0) is 57.8 Å². The third-order valence-electron chi connectivity index (χ3n) is 4.50. The van der Waals surface area contributed by atoms with E-state index in [-0.39, 0.29) is 24.0 Å². The molecule has 2 N–H and O–H groups in total. The van der Waals surface area contributed by atoms with Gasteiger partial charge in [-0.1, -0.05) is 43.2 Å². The van der Waals surface area contributed by atoms with Crippen molar-refractivity contribution in [3.63, 3.8) is 0 Å². The quantitative estimate of drug-likeness (QED) is 0.254. The van der Waals surface area contributed by atoms with Crippen molar-refractivity contribution in [3.8, 4) is 0 Å². The molecule has 1 heterocycles. The average Bonchev–Trinajstić information content (AvgIpc) is 2.64. The lowest BCUT2D eigenvalue weighted by Gasteiger charge is -2.26. The summed E-state index contributed by atoms with van der Waals surface area (Å²) in [6.07, 6.45) is 8.04. The Kier molecular flexibility index (Phi) is 12.8. The molecule has 0 amide bonds. The monoisotopic (exact) mass is 458 g/mol. The summed E-state index contributed by atoms with van der Waals surface area (Å²) < 4.78 is 0. The lowest BCUT2D eigenvalue weighted by molar-refractivity contribution is 0.224. The van der Waals surface area contributed by atoms with Gasteiger partial charge >= 0.3 is 0 Å². The van der Waals surface area contributed by atoms with E-state index in [2.05, 4.69) is 51.7 Å². The van der Waals surface area contributed by atoms with E-state index >= 15 is 0 Å². The molecule has 1 aromatic carbocycles. The van der Waals surface area contributed by atoms with Crippen LogP contribution < -0.4 is 10.6 Å². The molecule has 0 radical (unpaired) electrons. The first-order chi connectivity index (χ1) is 11.9. The van der Waals surface area contributed by atoms with Crippen LogP contribution in [0.15, 0.2) is 35.3 Å². The summed E-state index contributed by atoms with van der Waals surface area (Å²) in [4.78, 5) is 7.29. The van der Waals surface area contributed by atoms with E-state index < -0.39 is 0 Å². The van der Waals surface area contributed by atoms with Crippen molar-refractivity contribution in [1.29, 1.82) is 0 Å². The molecule has 0 bridgehead atoms. The van der Waals surface area contributed by atoms with Gasteiger partial charge in [0.1, 0.15) is 0 Å². The van der Waals surface area contributed by atoms with Gasteiger partial charge in [-0.3, -0.25) is 0 Å². The van der Waals surface area contributed by atoms with Crippen molar-refractivity contribution in [2.75, 3.05) is 32.7 Å². The number of halogens is 1. The Bertz CT molecular complexity index is 458. The number of piperidine rings is 1. The van der Waals surface area contributed by atoms with Crippen LogP contribution in [0.5, 0.6) is 0 Å². The van der Waals surface area contributed by atoms with Crippen molar-refractivity contribution in [3.05, 3.63) is 35.9 Å². The maximum absolute atomic E-state index is 4.66. The smallest absolute Gasteiger partial charge is 0.191 e. The van der Waals surface area contributed by atoms with Crippen LogP contribution in [-0.4, -0.2) is 43.6 Å². The van der Waals surface area contributed by atoms with E-state index in [1.807, 2.05) is 6.07 Å². The summed E-state index contributed by atoms with van der Waals surface area (Å²) in [6, 6.07) is 10.4. The minimum Gasteiger partial charge on any atom is -0.357 e. The molecule has 1 aliphatic heterocycles. The van der Waals surface area contributed by atoms with E-state index in [4.69, 9.17) is 0 Å². The zero-order chi connectivity index (χ0) is 16.9. The Balaban J connectivity index is 0.00000312. The van der Waals surface area contributed by atoms with Gasteiger partial charge in [0.05, 0.1) is 6.54 Å². The SMILES string of the molecule is CCNC(=NCc1ccccc1)NCCCCCN1CCCCC1.I. The number of aliphatic imine (C=N–C) groups is 1. The molecule has 1 saturated heterocycles. The number of hydrogen-bond donors (Lipinski definition) is 2. The van der Waals surface area contributed by atoms with Gasteiger partial charge in [-0.25, -0.2) is 4.99 Å². The van der Waals surface area contributed by atoms with Crippen LogP contribution in [-0.2, 0) is 6.54 Å². The molecule has 0 aliphatic carbocycles. The normalized spacial score (nSPS) is 15.5. The second kappa shape index (κ2) is 14.4. The number of nitrogens with one attached hydrogen (secondary N) is 2. The Morgan fingerprint density at radius 2 is 1.76 bits per heavy atom. The van der Waals surface area contributed by atoms with Gasteiger partial charge < -0.3 is 15.5 Å². The molecule has 0 aromatic heterocycles. The topological polar surface area (TPSA) is 39.7 Å². The minimum atomic E-state index is 0. The molecule has 0 atom stereocenters. The van der Waals surface area contributed by atoms with E-state index in [0.29, 0.717) is 0 Å². The highest BCUT2D eigenvalue weighted by atomic mass is 127. The molecule has 142 valence electrons. The Hall–Kier alpha value is -0.820. The van der Waals surface area contributed by atoms with E-state index in [1.54, 1.807) is 0 Å². The molecule has 1 fully saturated rings. The van der Waals surface area contributed by atoms with Crippen molar-refractivity contribution in [2.45, 2.75) is 52.0 Å². The zero-order valence-electron chi connectivity index (χ0n) is 15.7. The summed E-state index contributed by atoms with van der Waals surface area (Å²) in [7, 11) is 0. The fourth-order valence-corrected chi connectivity index (χ4v) is 3.12. The lowest BCUT2D eigenvalue weighted by Crippen LogP contribution is -2.37. The Morgan fingerprint density at radius 1 is 1.00 bits per heavy atom. The number of likely N-dealkylation sites (tertiary alicyclic amines) is 1. The molecule has 0 spiro atoms. The van der Waals surface area contributed by atoms with Crippen LogP contribution >= 0.6 is 24.0 Å². The predicted octanol–water partition coefficient (Wildman–Crippen LogP) is 4.02. The first kappa shape index (κ1) is 22.2. The Morgan fingerprint density at radius 3 is 2.48 bits per heavy atom. The van der Waals surface area contributed by atoms with Gasteiger partial charge in [0.25, 0.3) is 0 Å². The van der Waals surface area contributed by atoms with Crippen molar-refractivity contribution in [2.24, 2.45) is 4.99 Å². The third kappa shape index (κ3) is 10.0. The van der Waals surface area contributed by atoms with Crippen molar-refractivity contribution in [1.82, 2.24) is 15.5 Å². The fraction of sp³-hybridized carbons (Fsp3) is 0.650. The van der Waals surface area contributed by atoms with Crippen LogP contribution in [0, 0.1) is 0 Å². The van der Waals surface area contributed by atoms with Crippen LogP contribution in [0.1, 0.15) is 51.0 Å². The van der Waals surface area contributed by atoms with Crippen molar-refractivity contribution >= 4 is 29.9 Å². The first-order valence-corrected chi connectivity index (χ1v) is 9.67. The fourth-order valence-electron chi connectivity index (χ4n) is 3.12. The van der Waals surface area contributed by atoms with Crippen LogP contribution in [0.2, 0.25) is 0 Å². The number of nitrogens with zero attached hydrogens (tertiary/aromatic N) is 2. The highest BCUT2D eigenvalue weighted by Gasteiger charge is 2.08. The maximum atomic E-state index is 4.66. The second-order valence-electron chi connectivity index (χ2n) is 6.57. The summed E-state index contributed by atoms with van der Waals surface area (Å²) in [5, 5.41) is 6.78. The molecule has 1 aliphatic rings. The summed E-state index contributed by atoms with van der Waals surface area (Å²) in [5.41, 5.74) is 1.25. The molecular formula is C20H35IN4. The van der Waals surface area contributed by atoms with Gasteiger partial charge in [-0.15, -0.1) is 24.0 Å². The summed E-state index contributed by atoms with van der Waals surface area (Å²) in [6.45, 7) is 8.64. The molecule has 1 aromatic rings. The zero-order valence-corrected chi connectivity index (χ0v) is 18.0. The first-order valence-electron chi connectivity index (χ1n) is 9.67. The van der Waals surface area contributed by atoms with Crippen LogP contribution in [0.25, 0.3) is 0 Å². The van der Waals surface area contributed by atoms with Crippen LogP contribution in [0.3, 0.4) is 0 Å². The number of benzene rings is 1. The largest absolute Gasteiger partial charge is 0.357 e. The number of rotatable bonds is 9. The molecular weight excluding hydrogens is 423 g/mol. The Labute approximate surface area is 170 Å². The summed E-state index contributed by atoms with van der Waals surface area (Å²) in [5.74, 6) is 0.928. The number of unbranched alkanes of at least 4 members (excludes halogenated alkanes) is 2. The third-order valence-corrected chi connectivity index (χ3v) is 4.50. The highest BCUT2D eigenvalue weighted by molar-refractivity contribution is 14.0. The highest BCUT2D eigenvalue weighted by Crippen LogP contribution is 2.09. The van der Waals surface area contributed by atoms with Crippen molar-refractivity contribution < 1.29 is 0 Å². The number of guanidine groups is 1. The molecule has 25 heavy (non-hydrogen) atoms. The predicted molar refractivity (Wildman–Crippen MR) is 119 cm³/mol. The second-order valence-corrected chi connectivity index (χ2v) is 6.57. The molecule has 0 saturated carbocycles. The molecule has 0 unspecified atom stereocenters. The van der Waals surface area contributed by atoms with Gasteiger partial charge in [0.2, 0.25) is 0 Å². The molecule has 4 nitrogen and oxygen atoms in total. The van der Waals surface area contributed by atoms with Crippen LogP contribution in [0.4, 0.5) is 0 Å². The average molecular weight is 458 g/mol. The maximum Gasteiger partial charge on any atom is 0.191 e. The molecule has 2 rings (SSSR count).